The topological polar surface area (TPSA) is 49.8 Å². The molecule has 0 bridgehead atoms. The van der Waals surface area contributed by atoms with E-state index >= 15 is 0 Å². The van der Waals surface area contributed by atoms with Crippen molar-refractivity contribution in [3.8, 4) is 5.75 Å². The van der Waals surface area contributed by atoms with Crippen molar-refractivity contribution in [2.24, 2.45) is 0 Å². The second-order valence-corrected chi connectivity index (χ2v) is 7.59. The van der Waals surface area contributed by atoms with Gasteiger partial charge in [0.05, 0.1) is 4.90 Å². The van der Waals surface area contributed by atoms with Crippen LogP contribution >= 0.6 is 23.4 Å². The van der Waals surface area contributed by atoms with E-state index in [4.69, 9.17) is 21.4 Å². The fraction of sp³-hybridized carbons (Fsp3) is 0.316. The molecule has 0 amide bonds. The van der Waals surface area contributed by atoms with Crippen molar-refractivity contribution in [3.63, 3.8) is 0 Å². The molecule has 0 aromatic heterocycles. The Morgan fingerprint density at radius 1 is 1.28 bits per heavy atom. The number of para-hydroxylation sites is 1. The summed E-state index contributed by atoms with van der Waals surface area (Å²) in [5.41, 5.74) is 0. The molecule has 2 aromatic carbocycles. The van der Waals surface area contributed by atoms with Crippen molar-refractivity contribution in [3.05, 3.63) is 53.6 Å². The van der Waals surface area contributed by atoms with Crippen LogP contribution in [0.5, 0.6) is 5.75 Å². The van der Waals surface area contributed by atoms with Crippen molar-refractivity contribution in [2.45, 2.75) is 35.3 Å². The standard InChI is InChI=1S/C19H20ClNO3S/c1-13(19(22)23)21-11-10-15(12-21)24-17-4-2-3-5-18(17)25-16-8-6-14(20)7-9-16/h2-9,13,15H,10-12H2,1H3,(H,22,23). The molecule has 2 aromatic rings. The third kappa shape index (κ3) is 4.69. The third-order valence-corrected chi connectivity index (χ3v) is 5.58. The molecular formula is C19H20ClNO3S. The van der Waals surface area contributed by atoms with Gasteiger partial charge in [-0.05, 0) is 49.7 Å². The van der Waals surface area contributed by atoms with Gasteiger partial charge in [0.25, 0.3) is 0 Å². The molecule has 1 aliphatic rings. The highest BCUT2D eigenvalue weighted by Crippen LogP contribution is 2.36. The van der Waals surface area contributed by atoms with Gasteiger partial charge in [0.2, 0.25) is 0 Å². The first-order valence-electron chi connectivity index (χ1n) is 8.19. The number of rotatable bonds is 6. The summed E-state index contributed by atoms with van der Waals surface area (Å²) in [6.45, 7) is 3.09. The summed E-state index contributed by atoms with van der Waals surface area (Å²) in [5.74, 6) is 0.0385. The van der Waals surface area contributed by atoms with Crippen LogP contribution in [0.4, 0.5) is 0 Å². The maximum Gasteiger partial charge on any atom is 0.320 e. The summed E-state index contributed by atoms with van der Waals surface area (Å²) in [6, 6.07) is 15.2. The van der Waals surface area contributed by atoms with E-state index in [-0.39, 0.29) is 6.10 Å². The Balaban J connectivity index is 1.67. The lowest BCUT2D eigenvalue weighted by molar-refractivity contribution is -0.142. The van der Waals surface area contributed by atoms with Gasteiger partial charge in [-0.3, -0.25) is 9.69 Å². The first-order valence-corrected chi connectivity index (χ1v) is 9.38. The highest BCUT2D eigenvalue weighted by Gasteiger charge is 2.30. The van der Waals surface area contributed by atoms with Gasteiger partial charge in [0.1, 0.15) is 17.9 Å². The molecule has 132 valence electrons. The normalized spacial score (nSPS) is 18.9. The zero-order valence-corrected chi connectivity index (χ0v) is 15.5. The van der Waals surface area contributed by atoms with Crippen molar-refractivity contribution >= 4 is 29.3 Å². The Morgan fingerprint density at radius 2 is 2.00 bits per heavy atom. The fourth-order valence-electron chi connectivity index (χ4n) is 2.80. The van der Waals surface area contributed by atoms with Crippen LogP contribution in [0.3, 0.4) is 0 Å². The Hall–Kier alpha value is -1.69. The summed E-state index contributed by atoms with van der Waals surface area (Å²) in [5, 5.41) is 9.87. The lowest BCUT2D eigenvalue weighted by atomic mass is 10.3. The van der Waals surface area contributed by atoms with E-state index in [1.165, 1.54) is 0 Å². The third-order valence-electron chi connectivity index (χ3n) is 4.27. The number of hydrogen-bond donors (Lipinski definition) is 1. The molecule has 25 heavy (non-hydrogen) atoms. The molecule has 1 saturated heterocycles. The number of nitrogens with zero attached hydrogens (tertiary/aromatic N) is 1. The van der Waals surface area contributed by atoms with Gasteiger partial charge in [0.15, 0.2) is 0 Å². The quantitative estimate of drug-likeness (QED) is 0.807. The Morgan fingerprint density at radius 3 is 2.72 bits per heavy atom. The lowest BCUT2D eigenvalue weighted by Crippen LogP contribution is -2.38. The number of likely N-dealkylation sites (tertiary alicyclic amines) is 1. The van der Waals surface area contributed by atoms with E-state index in [9.17, 15) is 4.79 Å². The molecule has 2 unspecified atom stereocenters. The van der Waals surface area contributed by atoms with Crippen molar-refractivity contribution < 1.29 is 14.6 Å². The summed E-state index contributed by atoms with van der Waals surface area (Å²) in [4.78, 5) is 15.2. The number of benzene rings is 2. The number of ether oxygens (including phenoxy) is 1. The Bertz CT molecular complexity index is 738. The van der Waals surface area contributed by atoms with Gasteiger partial charge in [-0.2, -0.15) is 0 Å². The van der Waals surface area contributed by atoms with Crippen LogP contribution in [0.2, 0.25) is 5.02 Å². The minimum Gasteiger partial charge on any atom is -0.488 e. The van der Waals surface area contributed by atoms with Gasteiger partial charge in [0, 0.05) is 23.0 Å². The van der Waals surface area contributed by atoms with Crippen LogP contribution < -0.4 is 4.74 Å². The second kappa shape index (κ2) is 8.13. The molecule has 3 rings (SSSR count). The van der Waals surface area contributed by atoms with Crippen LogP contribution in [0.15, 0.2) is 58.3 Å². The zero-order chi connectivity index (χ0) is 17.8. The minimum atomic E-state index is -0.792. The molecule has 0 radical (unpaired) electrons. The molecule has 1 heterocycles. The Labute approximate surface area is 156 Å². The Kier molecular flexibility index (Phi) is 5.89. The number of carbonyl (C=O) groups is 1. The van der Waals surface area contributed by atoms with Gasteiger partial charge in [-0.1, -0.05) is 35.5 Å². The van der Waals surface area contributed by atoms with E-state index in [1.54, 1.807) is 18.7 Å². The highest BCUT2D eigenvalue weighted by molar-refractivity contribution is 7.99. The van der Waals surface area contributed by atoms with Crippen LogP contribution in [0.1, 0.15) is 13.3 Å². The second-order valence-electron chi connectivity index (χ2n) is 6.04. The molecule has 2 atom stereocenters. The van der Waals surface area contributed by atoms with Crippen LogP contribution in [-0.2, 0) is 4.79 Å². The number of aliphatic carboxylic acids is 1. The number of hydrogen-bond acceptors (Lipinski definition) is 4. The van der Waals surface area contributed by atoms with E-state index in [2.05, 4.69) is 0 Å². The molecule has 0 spiro atoms. The van der Waals surface area contributed by atoms with Gasteiger partial charge in [-0.15, -0.1) is 0 Å². The van der Waals surface area contributed by atoms with Gasteiger partial charge < -0.3 is 9.84 Å². The first kappa shape index (κ1) is 18.1. The van der Waals surface area contributed by atoms with E-state index in [0.29, 0.717) is 11.6 Å². The molecule has 1 N–H and O–H groups in total. The van der Waals surface area contributed by atoms with E-state index < -0.39 is 12.0 Å². The summed E-state index contributed by atoms with van der Waals surface area (Å²) >= 11 is 7.57. The number of carboxylic acids is 1. The lowest BCUT2D eigenvalue weighted by Gasteiger charge is -2.21. The predicted molar refractivity (Wildman–Crippen MR) is 99.7 cm³/mol. The zero-order valence-electron chi connectivity index (χ0n) is 13.9. The maximum atomic E-state index is 11.1. The molecule has 1 fully saturated rings. The summed E-state index contributed by atoms with van der Waals surface area (Å²) < 4.78 is 6.18. The predicted octanol–water partition coefficient (Wildman–Crippen LogP) is 4.42. The average molecular weight is 378 g/mol. The summed E-state index contributed by atoms with van der Waals surface area (Å²) in [6.07, 6.45) is 0.839. The molecule has 0 saturated carbocycles. The van der Waals surface area contributed by atoms with Gasteiger partial charge >= 0.3 is 5.97 Å². The van der Waals surface area contributed by atoms with Gasteiger partial charge in [-0.25, -0.2) is 0 Å². The average Bonchev–Trinajstić information content (AvgIpc) is 3.06. The maximum absolute atomic E-state index is 11.1. The molecular weight excluding hydrogens is 358 g/mol. The van der Waals surface area contributed by atoms with Crippen molar-refractivity contribution in [2.75, 3.05) is 13.1 Å². The number of halogens is 1. The molecule has 1 aliphatic heterocycles. The van der Waals surface area contributed by atoms with Crippen molar-refractivity contribution in [1.29, 1.82) is 0 Å². The van der Waals surface area contributed by atoms with Crippen LogP contribution in [0, 0.1) is 0 Å². The summed E-state index contributed by atoms with van der Waals surface area (Å²) in [7, 11) is 0. The largest absolute Gasteiger partial charge is 0.488 e. The SMILES string of the molecule is CC(C(=O)O)N1CCC(Oc2ccccc2Sc2ccc(Cl)cc2)C1. The van der Waals surface area contributed by atoms with E-state index in [1.807, 2.05) is 53.4 Å². The van der Waals surface area contributed by atoms with Crippen LogP contribution in [0.25, 0.3) is 0 Å². The van der Waals surface area contributed by atoms with Crippen molar-refractivity contribution in [1.82, 2.24) is 4.90 Å². The molecule has 0 aliphatic carbocycles. The van der Waals surface area contributed by atoms with E-state index in [0.717, 1.165) is 28.5 Å². The number of carboxylic acid groups (broad SMARTS) is 1. The molecule has 4 nitrogen and oxygen atoms in total. The smallest absolute Gasteiger partial charge is 0.320 e. The monoisotopic (exact) mass is 377 g/mol. The molecule has 6 heteroatoms. The van der Waals surface area contributed by atoms with Crippen LogP contribution in [-0.4, -0.2) is 41.2 Å². The highest BCUT2D eigenvalue weighted by atomic mass is 35.5. The fourth-order valence-corrected chi connectivity index (χ4v) is 3.81. The first-order chi connectivity index (χ1) is 12.0. The minimum absolute atomic E-state index is 0.00812.